The van der Waals surface area contributed by atoms with Gasteiger partial charge in [-0.1, -0.05) is 18.2 Å². The number of benzene rings is 1. The number of halogens is 3. The number of fused-ring (bicyclic) bond motifs is 1. The molecule has 0 aliphatic heterocycles. The third-order valence-electron chi connectivity index (χ3n) is 3.25. The van der Waals surface area contributed by atoms with E-state index in [9.17, 15) is 8.78 Å². The van der Waals surface area contributed by atoms with Gasteiger partial charge in [-0.25, -0.2) is 9.67 Å². The number of para-hydroxylation sites is 1. The first-order chi connectivity index (χ1) is 9.88. The van der Waals surface area contributed by atoms with E-state index in [1.54, 1.807) is 18.5 Å². The number of aryl methyl sites for hydroxylation is 2. The van der Waals surface area contributed by atoms with Crippen LogP contribution in [0.4, 0.5) is 8.78 Å². The van der Waals surface area contributed by atoms with E-state index < -0.39 is 5.38 Å². The van der Waals surface area contributed by atoms with Crippen LogP contribution in [0.1, 0.15) is 17.0 Å². The van der Waals surface area contributed by atoms with Crippen LogP contribution in [0.5, 0.6) is 0 Å². The van der Waals surface area contributed by atoms with Gasteiger partial charge in [-0.2, -0.15) is 13.9 Å². The Morgan fingerprint density at radius 3 is 2.43 bits per heavy atom. The van der Waals surface area contributed by atoms with E-state index in [0.29, 0.717) is 22.4 Å². The Bertz CT molecular complexity index is 807. The van der Waals surface area contributed by atoms with Crippen LogP contribution < -0.4 is 0 Å². The minimum Gasteiger partial charge on any atom is -0.233 e. The van der Waals surface area contributed by atoms with Gasteiger partial charge in [0.25, 0.3) is 0 Å². The molecule has 6 heteroatoms. The smallest absolute Gasteiger partial charge is 0.233 e. The van der Waals surface area contributed by atoms with E-state index in [1.165, 1.54) is 6.07 Å². The molecule has 0 aliphatic carbocycles. The Hall–Kier alpha value is -2.01. The van der Waals surface area contributed by atoms with Crippen molar-refractivity contribution in [2.75, 3.05) is 0 Å². The van der Waals surface area contributed by atoms with Gasteiger partial charge in [-0.05, 0) is 43.6 Å². The zero-order valence-electron chi connectivity index (χ0n) is 11.4. The SMILES string of the molecule is Cc1cc(C(F)(F)Cl)c2c(C)nn(-c3ccccc3)c2n1. The van der Waals surface area contributed by atoms with Crippen LogP contribution in [-0.4, -0.2) is 14.8 Å². The molecule has 0 aliphatic rings. The van der Waals surface area contributed by atoms with E-state index in [0.717, 1.165) is 5.69 Å². The van der Waals surface area contributed by atoms with Gasteiger partial charge in [0.15, 0.2) is 5.65 Å². The quantitative estimate of drug-likeness (QED) is 0.660. The van der Waals surface area contributed by atoms with Crippen molar-refractivity contribution in [3.8, 4) is 5.69 Å². The summed E-state index contributed by atoms with van der Waals surface area (Å²) >= 11 is 5.24. The Kier molecular flexibility index (Phi) is 3.17. The van der Waals surface area contributed by atoms with E-state index in [-0.39, 0.29) is 5.56 Å². The van der Waals surface area contributed by atoms with Crippen molar-refractivity contribution in [2.45, 2.75) is 19.2 Å². The third-order valence-corrected chi connectivity index (χ3v) is 3.45. The van der Waals surface area contributed by atoms with Gasteiger partial charge in [0.2, 0.25) is 0 Å². The number of alkyl halides is 3. The van der Waals surface area contributed by atoms with Crippen LogP contribution in [0.2, 0.25) is 0 Å². The molecule has 0 bridgehead atoms. The molecule has 0 radical (unpaired) electrons. The fraction of sp³-hybridized carbons (Fsp3) is 0.200. The largest absolute Gasteiger partial charge is 0.349 e. The second kappa shape index (κ2) is 4.77. The summed E-state index contributed by atoms with van der Waals surface area (Å²) in [5.41, 5.74) is 1.82. The van der Waals surface area contributed by atoms with Crippen molar-refractivity contribution < 1.29 is 8.78 Å². The Morgan fingerprint density at radius 2 is 1.81 bits per heavy atom. The van der Waals surface area contributed by atoms with Crippen LogP contribution in [0.3, 0.4) is 0 Å². The van der Waals surface area contributed by atoms with Gasteiger partial charge in [0.1, 0.15) is 0 Å². The molecule has 3 rings (SSSR count). The zero-order chi connectivity index (χ0) is 15.2. The lowest BCUT2D eigenvalue weighted by molar-refractivity contribution is 0.0966. The molecule has 0 unspecified atom stereocenters. The minimum atomic E-state index is -3.46. The Labute approximate surface area is 125 Å². The highest BCUT2D eigenvalue weighted by atomic mass is 35.5. The fourth-order valence-corrected chi connectivity index (χ4v) is 2.54. The van der Waals surface area contributed by atoms with Crippen LogP contribution in [0.15, 0.2) is 36.4 Å². The molecule has 1 aromatic carbocycles. The maximum absolute atomic E-state index is 13.7. The average molecular weight is 308 g/mol. The first-order valence-corrected chi connectivity index (χ1v) is 6.75. The van der Waals surface area contributed by atoms with Gasteiger partial charge in [0, 0.05) is 5.69 Å². The topological polar surface area (TPSA) is 30.7 Å². The van der Waals surface area contributed by atoms with Crippen molar-refractivity contribution in [1.29, 1.82) is 0 Å². The lowest BCUT2D eigenvalue weighted by atomic mass is 10.1. The zero-order valence-corrected chi connectivity index (χ0v) is 12.2. The molecule has 108 valence electrons. The van der Waals surface area contributed by atoms with Gasteiger partial charge >= 0.3 is 5.38 Å². The first-order valence-electron chi connectivity index (χ1n) is 6.37. The van der Waals surface area contributed by atoms with E-state index in [2.05, 4.69) is 10.1 Å². The van der Waals surface area contributed by atoms with Crippen molar-refractivity contribution in [1.82, 2.24) is 14.8 Å². The number of rotatable bonds is 2. The molecule has 0 atom stereocenters. The maximum Gasteiger partial charge on any atom is 0.349 e. The molecule has 0 saturated heterocycles. The van der Waals surface area contributed by atoms with E-state index in [1.807, 2.05) is 30.3 Å². The highest BCUT2D eigenvalue weighted by molar-refractivity contribution is 6.22. The molecule has 2 heterocycles. The Balaban J connectivity index is 2.39. The molecule has 0 saturated carbocycles. The second-order valence-corrected chi connectivity index (χ2v) is 5.32. The molecule has 0 amide bonds. The lowest BCUT2D eigenvalue weighted by Crippen LogP contribution is -2.06. The molecule has 0 N–H and O–H groups in total. The summed E-state index contributed by atoms with van der Waals surface area (Å²) in [5.74, 6) is 0. The summed E-state index contributed by atoms with van der Waals surface area (Å²) in [6, 6.07) is 10.6. The molecular weight excluding hydrogens is 296 g/mol. The van der Waals surface area contributed by atoms with Gasteiger partial charge in [-0.15, -0.1) is 0 Å². The molecule has 2 aromatic heterocycles. The molecular formula is C15H12ClF2N3. The predicted molar refractivity (Wildman–Crippen MR) is 78.1 cm³/mol. The summed E-state index contributed by atoms with van der Waals surface area (Å²) in [7, 11) is 0. The van der Waals surface area contributed by atoms with Crippen molar-refractivity contribution >= 4 is 22.6 Å². The lowest BCUT2D eigenvalue weighted by Gasteiger charge is -2.11. The number of nitrogens with zero attached hydrogens (tertiary/aromatic N) is 3. The molecule has 3 aromatic rings. The van der Waals surface area contributed by atoms with Crippen molar-refractivity contribution in [3.63, 3.8) is 0 Å². The highest BCUT2D eigenvalue weighted by Crippen LogP contribution is 2.38. The standard InChI is InChI=1S/C15H12ClF2N3/c1-9-8-12(15(16,17)18)13-10(2)20-21(14(13)19-9)11-6-4-3-5-7-11/h3-8H,1-2H3. The van der Waals surface area contributed by atoms with Crippen LogP contribution >= 0.6 is 11.6 Å². The van der Waals surface area contributed by atoms with Gasteiger partial charge < -0.3 is 0 Å². The van der Waals surface area contributed by atoms with E-state index in [4.69, 9.17) is 11.6 Å². The van der Waals surface area contributed by atoms with Gasteiger partial charge in [0.05, 0.1) is 22.3 Å². The van der Waals surface area contributed by atoms with Crippen LogP contribution in [0.25, 0.3) is 16.7 Å². The molecule has 21 heavy (non-hydrogen) atoms. The van der Waals surface area contributed by atoms with Crippen molar-refractivity contribution in [2.24, 2.45) is 0 Å². The number of pyridine rings is 1. The van der Waals surface area contributed by atoms with Gasteiger partial charge in [-0.3, -0.25) is 0 Å². The fourth-order valence-electron chi connectivity index (χ4n) is 2.39. The first kappa shape index (κ1) is 13.9. The summed E-state index contributed by atoms with van der Waals surface area (Å²) in [5, 5.41) is 1.18. The summed E-state index contributed by atoms with van der Waals surface area (Å²) in [6.45, 7) is 3.33. The average Bonchev–Trinajstić information content (AvgIpc) is 2.75. The van der Waals surface area contributed by atoms with E-state index >= 15 is 0 Å². The number of hydrogen-bond donors (Lipinski definition) is 0. The number of aromatic nitrogens is 3. The summed E-state index contributed by atoms with van der Waals surface area (Å²) in [6.07, 6.45) is 0. The maximum atomic E-state index is 13.7. The predicted octanol–water partition coefficient (Wildman–Crippen LogP) is 4.33. The normalized spacial score (nSPS) is 12.0. The summed E-state index contributed by atoms with van der Waals surface area (Å²) < 4.78 is 28.9. The summed E-state index contributed by atoms with van der Waals surface area (Å²) in [4.78, 5) is 4.36. The van der Waals surface area contributed by atoms with Crippen molar-refractivity contribution in [3.05, 3.63) is 53.3 Å². The molecule has 3 nitrogen and oxygen atoms in total. The monoisotopic (exact) mass is 307 g/mol. The second-order valence-electron chi connectivity index (χ2n) is 4.84. The Morgan fingerprint density at radius 1 is 1.14 bits per heavy atom. The highest BCUT2D eigenvalue weighted by Gasteiger charge is 2.33. The number of hydrogen-bond acceptors (Lipinski definition) is 2. The molecule has 0 spiro atoms. The minimum absolute atomic E-state index is 0.258. The third kappa shape index (κ3) is 2.38. The van der Waals surface area contributed by atoms with Crippen LogP contribution in [-0.2, 0) is 5.38 Å². The van der Waals surface area contributed by atoms with Crippen LogP contribution in [0, 0.1) is 13.8 Å². The molecule has 0 fully saturated rings.